The van der Waals surface area contributed by atoms with Gasteiger partial charge in [-0.1, -0.05) is 0 Å². The van der Waals surface area contributed by atoms with Crippen LogP contribution in [-0.2, 0) is 0 Å². The molecule has 5 rings (SSSR count). The number of carbonyl (C=O) groups is 1. The molecular weight excluding hydrogens is 368 g/mol. The second-order valence-corrected chi connectivity index (χ2v) is 8.12. The number of carboxylic acid groups (broad SMARTS) is 1. The zero-order valence-electron chi connectivity index (χ0n) is 16.6. The molecule has 8 heteroatoms. The van der Waals surface area contributed by atoms with E-state index in [1.807, 2.05) is 26.2 Å². The fraction of sp³-hybridized carbons (Fsp3) is 0.429. The van der Waals surface area contributed by atoms with Crippen molar-refractivity contribution in [3.63, 3.8) is 0 Å². The van der Waals surface area contributed by atoms with Gasteiger partial charge in [0.05, 0.1) is 17.3 Å². The molecular formula is C21H24N6O2. The standard InChI is InChI=1S/C21H24N6O2/c1-13-7-16(9-22-8-13)27-11-17(15-3-4-15)18-19(23-12-24-20(18)27)25-5-6-26(21(28)29)14(2)10-25/h7-9,11-12,14-15H,3-6,10H2,1-2H3,(H,28,29)/t14-/m1/s1. The van der Waals surface area contributed by atoms with Crippen LogP contribution in [0.5, 0.6) is 0 Å². The molecule has 0 radical (unpaired) electrons. The van der Waals surface area contributed by atoms with Crippen molar-refractivity contribution >= 4 is 22.9 Å². The summed E-state index contributed by atoms with van der Waals surface area (Å²) in [7, 11) is 0. The van der Waals surface area contributed by atoms with E-state index in [1.165, 1.54) is 23.3 Å². The highest BCUT2D eigenvalue weighted by Gasteiger charge is 2.33. The van der Waals surface area contributed by atoms with Crippen LogP contribution in [0.15, 0.2) is 31.0 Å². The van der Waals surface area contributed by atoms with E-state index in [0.29, 0.717) is 25.6 Å². The first-order chi connectivity index (χ1) is 14.0. The van der Waals surface area contributed by atoms with Crippen LogP contribution in [0.2, 0.25) is 0 Å². The fourth-order valence-corrected chi connectivity index (χ4v) is 4.32. The smallest absolute Gasteiger partial charge is 0.407 e. The van der Waals surface area contributed by atoms with Crippen LogP contribution in [0.25, 0.3) is 16.7 Å². The first kappa shape index (κ1) is 17.9. The summed E-state index contributed by atoms with van der Waals surface area (Å²) >= 11 is 0. The van der Waals surface area contributed by atoms with Crippen molar-refractivity contribution in [1.82, 2.24) is 24.4 Å². The Morgan fingerprint density at radius 1 is 1.21 bits per heavy atom. The van der Waals surface area contributed by atoms with Crippen molar-refractivity contribution in [3.05, 3.63) is 42.1 Å². The number of aryl methyl sites for hydroxylation is 1. The number of anilines is 1. The number of hydrogen-bond acceptors (Lipinski definition) is 5. The summed E-state index contributed by atoms with van der Waals surface area (Å²) in [5.74, 6) is 1.45. The molecule has 4 heterocycles. The number of pyridine rings is 1. The molecule has 29 heavy (non-hydrogen) atoms. The highest BCUT2D eigenvalue weighted by molar-refractivity contribution is 5.93. The van der Waals surface area contributed by atoms with Crippen molar-refractivity contribution in [1.29, 1.82) is 0 Å². The van der Waals surface area contributed by atoms with E-state index in [1.54, 1.807) is 6.33 Å². The summed E-state index contributed by atoms with van der Waals surface area (Å²) in [6.45, 7) is 5.71. The van der Waals surface area contributed by atoms with Crippen LogP contribution >= 0.6 is 0 Å². The van der Waals surface area contributed by atoms with E-state index in [4.69, 9.17) is 0 Å². The van der Waals surface area contributed by atoms with Gasteiger partial charge in [-0.15, -0.1) is 0 Å². The van der Waals surface area contributed by atoms with E-state index >= 15 is 0 Å². The third-order valence-corrected chi connectivity index (χ3v) is 5.92. The second kappa shape index (κ2) is 6.72. The Morgan fingerprint density at radius 2 is 2.03 bits per heavy atom. The van der Waals surface area contributed by atoms with Crippen LogP contribution < -0.4 is 4.90 Å². The molecule has 1 amide bonds. The molecule has 0 bridgehead atoms. The van der Waals surface area contributed by atoms with Gasteiger partial charge in [-0.25, -0.2) is 14.8 Å². The molecule has 8 nitrogen and oxygen atoms in total. The lowest BCUT2D eigenvalue weighted by Crippen LogP contribution is -2.54. The maximum atomic E-state index is 11.4. The number of rotatable bonds is 3. The molecule has 0 spiro atoms. The average molecular weight is 392 g/mol. The number of aromatic nitrogens is 4. The number of hydrogen-bond donors (Lipinski definition) is 1. The zero-order valence-corrected chi connectivity index (χ0v) is 16.6. The minimum absolute atomic E-state index is 0.0845. The van der Waals surface area contributed by atoms with Crippen LogP contribution in [0.3, 0.4) is 0 Å². The van der Waals surface area contributed by atoms with Gasteiger partial charge < -0.3 is 14.9 Å². The largest absolute Gasteiger partial charge is 0.465 e. The molecule has 2 aliphatic rings. The second-order valence-electron chi connectivity index (χ2n) is 8.12. The summed E-state index contributed by atoms with van der Waals surface area (Å²) in [6.07, 6.45) is 9.02. The van der Waals surface area contributed by atoms with Crippen molar-refractivity contribution in [2.24, 2.45) is 0 Å². The topological polar surface area (TPSA) is 87.4 Å². The first-order valence-electron chi connectivity index (χ1n) is 10.1. The molecule has 3 aromatic rings. The molecule has 1 saturated carbocycles. The molecule has 2 fully saturated rings. The van der Waals surface area contributed by atoms with Crippen LogP contribution in [0, 0.1) is 6.92 Å². The lowest BCUT2D eigenvalue weighted by Gasteiger charge is -2.39. The van der Waals surface area contributed by atoms with Crippen molar-refractivity contribution in [3.8, 4) is 5.69 Å². The Kier molecular flexibility index (Phi) is 4.15. The minimum atomic E-state index is -0.859. The predicted molar refractivity (Wildman–Crippen MR) is 110 cm³/mol. The number of amides is 1. The minimum Gasteiger partial charge on any atom is -0.465 e. The third kappa shape index (κ3) is 3.08. The molecule has 0 aromatic carbocycles. The van der Waals surface area contributed by atoms with Gasteiger partial charge in [0.2, 0.25) is 0 Å². The maximum absolute atomic E-state index is 11.4. The maximum Gasteiger partial charge on any atom is 0.407 e. The molecule has 150 valence electrons. The number of piperazine rings is 1. The molecule has 1 atom stereocenters. The van der Waals surface area contributed by atoms with Gasteiger partial charge in [0, 0.05) is 38.1 Å². The third-order valence-electron chi connectivity index (χ3n) is 5.92. The Labute approximate surface area is 168 Å². The summed E-state index contributed by atoms with van der Waals surface area (Å²) in [5, 5.41) is 10.5. The first-order valence-corrected chi connectivity index (χ1v) is 10.1. The Balaban J connectivity index is 1.62. The van der Waals surface area contributed by atoms with Gasteiger partial charge in [-0.2, -0.15) is 0 Å². The van der Waals surface area contributed by atoms with Crippen molar-refractivity contribution in [2.75, 3.05) is 24.5 Å². The summed E-state index contributed by atoms with van der Waals surface area (Å²) < 4.78 is 2.12. The highest BCUT2D eigenvalue weighted by atomic mass is 16.4. The van der Waals surface area contributed by atoms with E-state index in [0.717, 1.165) is 28.1 Å². The molecule has 1 aliphatic heterocycles. The molecule has 1 saturated heterocycles. The predicted octanol–water partition coefficient (Wildman–Crippen LogP) is 3.19. The Bertz CT molecular complexity index is 1090. The van der Waals surface area contributed by atoms with E-state index in [9.17, 15) is 9.90 Å². The van der Waals surface area contributed by atoms with E-state index < -0.39 is 6.09 Å². The summed E-state index contributed by atoms with van der Waals surface area (Å²) in [5.41, 5.74) is 4.27. The Hall–Kier alpha value is -3.16. The van der Waals surface area contributed by atoms with E-state index in [2.05, 4.69) is 36.7 Å². The molecule has 1 aliphatic carbocycles. The zero-order chi connectivity index (χ0) is 20.1. The van der Waals surface area contributed by atoms with Crippen LogP contribution in [-0.4, -0.2) is 61.3 Å². The number of fused-ring (bicyclic) bond motifs is 1. The van der Waals surface area contributed by atoms with Crippen LogP contribution in [0.4, 0.5) is 10.6 Å². The Morgan fingerprint density at radius 3 is 2.72 bits per heavy atom. The van der Waals surface area contributed by atoms with Crippen molar-refractivity contribution in [2.45, 2.75) is 38.6 Å². The van der Waals surface area contributed by atoms with E-state index in [-0.39, 0.29) is 6.04 Å². The molecule has 0 unspecified atom stereocenters. The quantitative estimate of drug-likeness (QED) is 0.737. The molecule has 3 aromatic heterocycles. The van der Waals surface area contributed by atoms with Gasteiger partial charge in [0.25, 0.3) is 0 Å². The average Bonchev–Trinajstić information content (AvgIpc) is 3.47. The van der Waals surface area contributed by atoms with Gasteiger partial charge in [0.15, 0.2) is 0 Å². The lowest BCUT2D eigenvalue weighted by molar-refractivity contribution is 0.122. The van der Waals surface area contributed by atoms with Gasteiger partial charge in [0.1, 0.15) is 17.8 Å². The van der Waals surface area contributed by atoms with Gasteiger partial charge in [-0.3, -0.25) is 9.55 Å². The summed E-state index contributed by atoms with van der Waals surface area (Å²) in [6, 6.07) is 2.03. The SMILES string of the molecule is Cc1cncc(-n2cc(C3CC3)c3c(N4CCN(C(=O)O)[C@H](C)C4)ncnc32)c1. The lowest BCUT2D eigenvalue weighted by atomic mass is 10.1. The summed E-state index contributed by atoms with van der Waals surface area (Å²) in [4.78, 5) is 28.8. The van der Waals surface area contributed by atoms with Crippen molar-refractivity contribution < 1.29 is 9.90 Å². The van der Waals surface area contributed by atoms with Crippen LogP contribution in [0.1, 0.15) is 36.8 Å². The highest BCUT2D eigenvalue weighted by Crippen LogP contribution is 2.46. The van der Waals surface area contributed by atoms with Gasteiger partial charge in [-0.05, 0) is 49.8 Å². The van der Waals surface area contributed by atoms with Gasteiger partial charge >= 0.3 is 6.09 Å². The fourth-order valence-electron chi connectivity index (χ4n) is 4.32. The number of nitrogens with zero attached hydrogens (tertiary/aromatic N) is 6. The molecule has 1 N–H and O–H groups in total. The monoisotopic (exact) mass is 392 g/mol. The normalized spacial score (nSPS) is 19.7.